The molecule has 0 atom stereocenters. The van der Waals surface area contributed by atoms with E-state index in [0.29, 0.717) is 6.61 Å². The van der Waals surface area contributed by atoms with Gasteiger partial charge in [0.15, 0.2) is 0 Å². The molecule has 0 aromatic heterocycles. The molecule has 2 aromatic rings. The zero-order chi connectivity index (χ0) is 15.6. The summed E-state index contributed by atoms with van der Waals surface area (Å²) in [6, 6.07) is 15.8. The molecule has 0 saturated carbocycles. The lowest BCUT2D eigenvalue weighted by Crippen LogP contribution is -1.98. The van der Waals surface area contributed by atoms with Crippen LogP contribution in [0.2, 0.25) is 5.02 Å². The van der Waals surface area contributed by atoms with Crippen LogP contribution >= 0.6 is 23.4 Å². The van der Waals surface area contributed by atoms with Crippen LogP contribution in [-0.2, 0) is 0 Å². The lowest BCUT2D eigenvalue weighted by molar-refractivity contribution is 0.307. The van der Waals surface area contributed by atoms with Gasteiger partial charge in [0.25, 0.3) is 0 Å². The van der Waals surface area contributed by atoms with Gasteiger partial charge in [0, 0.05) is 9.92 Å². The predicted octanol–water partition coefficient (Wildman–Crippen LogP) is 5.69. The highest BCUT2D eigenvalue weighted by Gasteiger charge is 1.97. The summed E-state index contributed by atoms with van der Waals surface area (Å²) in [4.78, 5) is 1.26. The van der Waals surface area contributed by atoms with Gasteiger partial charge in [-0.3, -0.25) is 0 Å². The van der Waals surface area contributed by atoms with Crippen molar-refractivity contribution in [3.63, 3.8) is 0 Å². The molecule has 0 fully saturated rings. The first-order chi connectivity index (χ1) is 10.8. The molecule has 0 radical (unpaired) electrons. The molecule has 0 spiro atoms. The molecule has 0 aliphatic carbocycles. The first-order valence-corrected chi connectivity index (χ1v) is 8.88. The summed E-state index contributed by atoms with van der Waals surface area (Å²) < 4.78 is 11.1. The number of hydrogen-bond acceptors (Lipinski definition) is 3. The SMILES string of the molecule is CCOc1ccc(OCCCCSc2ccc(Cl)cc2)cc1. The van der Waals surface area contributed by atoms with E-state index in [-0.39, 0.29) is 0 Å². The van der Waals surface area contributed by atoms with Gasteiger partial charge in [0.1, 0.15) is 11.5 Å². The van der Waals surface area contributed by atoms with Crippen molar-refractivity contribution in [3.05, 3.63) is 53.6 Å². The standard InChI is InChI=1S/C18H21ClO2S/c1-2-20-16-7-9-17(10-8-16)21-13-3-4-14-22-18-11-5-15(19)6-12-18/h5-12H,2-4,13-14H2,1H3. The second-order valence-electron chi connectivity index (χ2n) is 4.76. The van der Waals surface area contributed by atoms with Gasteiger partial charge in [-0.25, -0.2) is 0 Å². The van der Waals surface area contributed by atoms with E-state index in [0.717, 1.165) is 41.7 Å². The van der Waals surface area contributed by atoms with Gasteiger partial charge < -0.3 is 9.47 Å². The van der Waals surface area contributed by atoms with Gasteiger partial charge in [-0.1, -0.05) is 11.6 Å². The maximum atomic E-state index is 5.87. The Morgan fingerprint density at radius 3 is 2.14 bits per heavy atom. The van der Waals surface area contributed by atoms with Crippen molar-refractivity contribution in [2.45, 2.75) is 24.7 Å². The molecule has 22 heavy (non-hydrogen) atoms. The average molecular weight is 337 g/mol. The van der Waals surface area contributed by atoms with Crippen LogP contribution in [0, 0.1) is 0 Å². The van der Waals surface area contributed by atoms with E-state index >= 15 is 0 Å². The fourth-order valence-electron chi connectivity index (χ4n) is 1.91. The molecule has 2 rings (SSSR count). The highest BCUT2D eigenvalue weighted by Crippen LogP contribution is 2.22. The summed E-state index contributed by atoms with van der Waals surface area (Å²) >= 11 is 7.72. The minimum Gasteiger partial charge on any atom is -0.494 e. The lowest BCUT2D eigenvalue weighted by atomic mass is 10.3. The quantitative estimate of drug-likeness (QED) is 0.433. The van der Waals surface area contributed by atoms with Crippen molar-refractivity contribution < 1.29 is 9.47 Å². The number of benzene rings is 2. The molecule has 0 N–H and O–H groups in total. The fraction of sp³-hybridized carbons (Fsp3) is 0.333. The Morgan fingerprint density at radius 2 is 1.50 bits per heavy atom. The van der Waals surface area contributed by atoms with E-state index in [1.54, 1.807) is 0 Å². The molecule has 0 saturated heterocycles. The Kier molecular flexibility index (Phi) is 7.47. The minimum absolute atomic E-state index is 0.686. The van der Waals surface area contributed by atoms with E-state index in [1.165, 1.54) is 4.90 Å². The summed E-state index contributed by atoms with van der Waals surface area (Å²) in [5, 5.41) is 0.785. The second kappa shape index (κ2) is 9.65. The van der Waals surface area contributed by atoms with Crippen molar-refractivity contribution in [3.8, 4) is 11.5 Å². The first-order valence-electron chi connectivity index (χ1n) is 7.52. The van der Waals surface area contributed by atoms with Gasteiger partial charge in [-0.2, -0.15) is 0 Å². The second-order valence-corrected chi connectivity index (χ2v) is 6.37. The summed E-state index contributed by atoms with van der Waals surface area (Å²) in [5.74, 6) is 2.87. The number of unbranched alkanes of at least 4 members (excludes halogenated alkanes) is 1. The van der Waals surface area contributed by atoms with Crippen LogP contribution in [0.15, 0.2) is 53.4 Å². The molecule has 0 aliphatic rings. The van der Waals surface area contributed by atoms with Crippen LogP contribution < -0.4 is 9.47 Å². The smallest absolute Gasteiger partial charge is 0.119 e. The minimum atomic E-state index is 0.686. The zero-order valence-corrected chi connectivity index (χ0v) is 14.3. The average Bonchev–Trinajstić information content (AvgIpc) is 2.54. The van der Waals surface area contributed by atoms with Crippen LogP contribution in [0.25, 0.3) is 0 Å². The van der Waals surface area contributed by atoms with Crippen LogP contribution in [0.1, 0.15) is 19.8 Å². The highest BCUT2D eigenvalue weighted by molar-refractivity contribution is 7.99. The summed E-state index contributed by atoms with van der Waals surface area (Å²) in [6.07, 6.45) is 2.18. The highest BCUT2D eigenvalue weighted by atomic mass is 35.5. The Labute approximate surface area is 141 Å². The van der Waals surface area contributed by atoms with Crippen LogP contribution in [0.5, 0.6) is 11.5 Å². The van der Waals surface area contributed by atoms with E-state index in [1.807, 2.05) is 55.1 Å². The molecule has 2 nitrogen and oxygen atoms in total. The summed E-state index contributed by atoms with van der Waals surface area (Å²) in [5.41, 5.74) is 0. The molecule has 2 aromatic carbocycles. The van der Waals surface area contributed by atoms with Crippen molar-refractivity contribution in [1.82, 2.24) is 0 Å². The van der Waals surface area contributed by atoms with E-state index in [9.17, 15) is 0 Å². The number of rotatable bonds is 9. The van der Waals surface area contributed by atoms with E-state index in [2.05, 4.69) is 12.1 Å². The molecule has 0 bridgehead atoms. The topological polar surface area (TPSA) is 18.5 Å². The number of ether oxygens (including phenoxy) is 2. The van der Waals surface area contributed by atoms with E-state index in [4.69, 9.17) is 21.1 Å². The van der Waals surface area contributed by atoms with Gasteiger partial charge in [0.05, 0.1) is 13.2 Å². The third-order valence-electron chi connectivity index (χ3n) is 3.02. The van der Waals surface area contributed by atoms with Crippen molar-refractivity contribution in [2.24, 2.45) is 0 Å². The van der Waals surface area contributed by atoms with Crippen LogP contribution in [-0.4, -0.2) is 19.0 Å². The predicted molar refractivity (Wildman–Crippen MR) is 94.5 cm³/mol. The van der Waals surface area contributed by atoms with Crippen molar-refractivity contribution in [1.29, 1.82) is 0 Å². The third-order valence-corrected chi connectivity index (χ3v) is 4.37. The molecule has 0 aliphatic heterocycles. The van der Waals surface area contributed by atoms with Crippen molar-refractivity contribution in [2.75, 3.05) is 19.0 Å². The summed E-state index contributed by atoms with van der Waals surface area (Å²) in [7, 11) is 0. The first kappa shape index (κ1) is 17.0. The third kappa shape index (κ3) is 6.20. The Balaban J connectivity index is 1.58. The molecule has 0 unspecified atom stereocenters. The van der Waals surface area contributed by atoms with Gasteiger partial charge in [-0.15, -0.1) is 11.8 Å². The lowest BCUT2D eigenvalue weighted by Gasteiger charge is -2.07. The molecule has 4 heteroatoms. The largest absolute Gasteiger partial charge is 0.494 e. The van der Waals surface area contributed by atoms with Gasteiger partial charge in [0.2, 0.25) is 0 Å². The molecule has 118 valence electrons. The number of hydrogen-bond donors (Lipinski definition) is 0. The fourth-order valence-corrected chi connectivity index (χ4v) is 2.95. The monoisotopic (exact) mass is 336 g/mol. The normalized spacial score (nSPS) is 10.5. The Bertz CT molecular complexity index is 540. The number of thioether (sulfide) groups is 1. The Morgan fingerprint density at radius 1 is 0.864 bits per heavy atom. The zero-order valence-electron chi connectivity index (χ0n) is 12.8. The maximum absolute atomic E-state index is 5.87. The maximum Gasteiger partial charge on any atom is 0.119 e. The van der Waals surface area contributed by atoms with Crippen LogP contribution in [0.4, 0.5) is 0 Å². The molecular formula is C18H21ClO2S. The van der Waals surface area contributed by atoms with Gasteiger partial charge in [-0.05, 0) is 74.0 Å². The molecular weight excluding hydrogens is 316 g/mol. The number of halogens is 1. The molecule has 0 amide bonds. The summed E-state index contributed by atoms with van der Waals surface area (Å²) in [6.45, 7) is 3.41. The Hall–Kier alpha value is -1.32. The van der Waals surface area contributed by atoms with Crippen LogP contribution in [0.3, 0.4) is 0 Å². The van der Waals surface area contributed by atoms with Crippen molar-refractivity contribution >= 4 is 23.4 Å². The van der Waals surface area contributed by atoms with E-state index < -0.39 is 0 Å². The molecule has 0 heterocycles. The van der Waals surface area contributed by atoms with Gasteiger partial charge >= 0.3 is 0 Å².